The van der Waals surface area contributed by atoms with Gasteiger partial charge in [0.25, 0.3) is 5.91 Å². The topological polar surface area (TPSA) is 102 Å². The smallest absolute Gasteiger partial charge is 0.344 e. The molecule has 0 radical (unpaired) electrons. The van der Waals surface area contributed by atoms with E-state index in [4.69, 9.17) is 13.9 Å². The molecule has 0 aliphatic heterocycles. The summed E-state index contributed by atoms with van der Waals surface area (Å²) < 4.78 is 16.4. The molecular formula is C28H22N2O5. The second-order valence-corrected chi connectivity index (χ2v) is 7.62. The van der Waals surface area contributed by atoms with Gasteiger partial charge in [-0.05, 0) is 24.1 Å². The third kappa shape index (κ3) is 5.57. The van der Waals surface area contributed by atoms with Crippen LogP contribution in [0.15, 0.2) is 89.3 Å². The van der Waals surface area contributed by atoms with E-state index in [9.17, 15) is 14.9 Å². The molecule has 1 amide bonds. The van der Waals surface area contributed by atoms with Crippen LogP contribution in [0.25, 0.3) is 22.5 Å². The summed E-state index contributed by atoms with van der Waals surface area (Å²) in [6, 6.07) is 28.0. The summed E-state index contributed by atoms with van der Waals surface area (Å²) in [6.45, 7) is 0.971. The highest BCUT2D eigenvalue weighted by molar-refractivity contribution is 5.96. The Balaban J connectivity index is 1.48. The number of nitriles is 1. The van der Waals surface area contributed by atoms with Crippen molar-refractivity contribution in [3.8, 4) is 34.3 Å². The molecule has 0 bridgehead atoms. The monoisotopic (exact) mass is 466 g/mol. The van der Waals surface area contributed by atoms with E-state index in [1.165, 1.54) is 0 Å². The second kappa shape index (κ2) is 10.9. The molecule has 4 aromatic rings. The summed E-state index contributed by atoms with van der Waals surface area (Å²) >= 11 is 0. The Morgan fingerprint density at radius 2 is 1.51 bits per heavy atom. The summed E-state index contributed by atoms with van der Waals surface area (Å²) in [5, 5.41) is 12.4. The second-order valence-electron chi connectivity index (χ2n) is 7.62. The predicted octanol–water partition coefficient (Wildman–Crippen LogP) is 5.35. The highest BCUT2D eigenvalue weighted by Gasteiger charge is 2.24. The third-order valence-corrected chi connectivity index (χ3v) is 5.17. The molecule has 35 heavy (non-hydrogen) atoms. The minimum atomic E-state index is -0.696. The van der Waals surface area contributed by atoms with Gasteiger partial charge in [0.15, 0.2) is 13.2 Å². The van der Waals surface area contributed by atoms with Gasteiger partial charge in [-0.15, -0.1) is 0 Å². The van der Waals surface area contributed by atoms with Crippen molar-refractivity contribution in [2.75, 3.05) is 18.5 Å². The van der Waals surface area contributed by atoms with Gasteiger partial charge in [0, 0.05) is 11.1 Å². The summed E-state index contributed by atoms with van der Waals surface area (Å²) in [6.07, 6.45) is 0. The van der Waals surface area contributed by atoms with Crippen LogP contribution in [0.3, 0.4) is 0 Å². The van der Waals surface area contributed by atoms with Gasteiger partial charge in [-0.2, -0.15) is 5.26 Å². The van der Waals surface area contributed by atoms with Crippen LogP contribution in [0.2, 0.25) is 0 Å². The minimum Gasteiger partial charge on any atom is -0.482 e. The number of carbonyl (C=O) groups is 2. The molecule has 174 valence electrons. The summed E-state index contributed by atoms with van der Waals surface area (Å²) in [5.41, 5.74) is 3.15. The average Bonchev–Trinajstić information content (AvgIpc) is 3.26. The number of nitrogens with one attached hydrogen (secondary N) is 1. The van der Waals surface area contributed by atoms with Crippen LogP contribution in [-0.2, 0) is 14.3 Å². The Hall–Kier alpha value is -4.83. The molecule has 7 nitrogen and oxygen atoms in total. The van der Waals surface area contributed by atoms with Gasteiger partial charge in [-0.25, -0.2) is 4.79 Å². The molecule has 3 aromatic carbocycles. The Kier molecular flexibility index (Phi) is 7.24. The van der Waals surface area contributed by atoms with Gasteiger partial charge in [0.05, 0.1) is 0 Å². The quantitative estimate of drug-likeness (QED) is 0.351. The van der Waals surface area contributed by atoms with Gasteiger partial charge < -0.3 is 13.9 Å². The fourth-order valence-electron chi connectivity index (χ4n) is 3.50. The Morgan fingerprint density at radius 3 is 2.17 bits per heavy atom. The van der Waals surface area contributed by atoms with Crippen LogP contribution >= 0.6 is 0 Å². The number of aryl methyl sites for hydroxylation is 1. The molecule has 0 atom stereocenters. The molecule has 0 aliphatic carbocycles. The number of para-hydroxylation sites is 1. The molecule has 7 heteroatoms. The molecular weight excluding hydrogens is 444 g/mol. The normalized spacial score (nSPS) is 10.3. The fourth-order valence-corrected chi connectivity index (χ4v) is 3.50. The fraction of sp³-hybridized carbons (Fsp3) is 0.107. The average molecular weight is 466 g/mol. The van der Waals surface area contributed by atoms with E-state index in [2.05, 4.69) is 11.4 Å². The highest BCUT2D eigenvalue weighted by Crippen LogP contribution is 2.41. The molecule has 1 heterocycles. The number of benzene rings is 3. The zero-order valence-electron chi connectivity index (χ0n) is 19.0. The van der Waals surface area contributed by atoms with E-state index >= 15 is 0 Å². The number of anilines is 1. The van der Waals surface area contributed by atoms with Gasteiger partial charge >= 0.3 is 5.97 Å². The molecule has 1 aromatic heterocycles. The highest BCUT2D eigenvalue weighted by atomic mass is 16.6. The lowest BCUT2D eigenvalue weighted by molar-refractivity contribution is -0.149. The number of esters is 1. The van der Waals surface area contributed by atoms with Crippen LogP contribution in [0.1, 0.15) is 11.1 Å². The molecule has 0 spiro atoms. The van der Waals surface area contributed by atoms with Crippen molar-refractivity contribution in [2.45, 2.75) is 6.92 Å². The van der Waals surface area contributed by atoms with Crippen molar-refractivity contribution in [1.82, 2.24) is 0 Å². The Labute approximate surface area is 202 Å². The van der Waals surface area contributed by atoms with Crippen molar-refractivity contribution >= 4 is 17.8 Å². The minimum absolute atomic E-state index is 0.0117. The number of hydrogen-bond donors (Lipinski definition) is 1. The summed E-state index contributed by atoms with van der Waals surface area (Å²) in [7, 11) is 0. The largest absolute Gasteiger partial charge is 0.482 e. The lowest BCUT2D eigenvalue weighted by Crippen LogP contribution is -2.23. The summed E-state index contributed by atoms with van der Waals surface area (Å²) in [4.78, 5) is 24.5. The number of ether oxygens (including phenoxy) is 2. The lowest BCUT2D eigenvalue weighted by atomic mass is 9.98. The van der Waals surface area contributed by atoms with Crippen LogP contribution in [-0.4, -0.2) is 25.1 Å². The number of rotatable bonds is 8. The number of hydrogen-bond acceptors (Lipinski definition) is 6. The van der Waals surface area contributed by atoms with E-state index < -0.39 is 18.5 Å². The molecule has 0 saturated carbocycles. The standard InChI is InChI=1S/C28H22N2O5/c1-19-10-8-9-15-23(19)33-18-25(32)34-17-24(31)30-28-22(16-29)26(20-11-4-2-5-12-20)27(35-28)21-13-6-3-7-14-21/h2-15H,17-18H2,1H3,(H,30,31). The van der Waals surface area contributed by atoms with E-state index in [-0.39, 0.29) is 18.1 Å². The summed E-state index contributed by atoms with van der Waals surface area (Å²) in [5.74, 6) is -0.336. The van der Waals surface area contributed by atoms with Crippen LogP contribution in [0.5, 0.6) is 5.75 Å². The number of furan rings is 1. The number of amides is 1. The molecule has 0 aliphatic rings. The Morgan fingerprint density at radius 1 is 0.886 bits per heavy atom. The first-order valence-corrected chi connectivity index (χ1v) is 10.9. The first-order valence-electron chi connectivity index (χ1n) is 10.9. The SMILES string of the molecule is Cc1ccccc1OCC(=O)OCC(=O)Nc1oc(-c2ccccc2)c(-c2ccccc2)c1C#N. The van der Waals surface area contributed by atoms with Gasteiger partial charge in [-0.3, -0.25) is 10.1 Å². The molecule has 0 saturated heterocycles. The Bertz CT molecular complexity index is 1370. The lowest BCUT2D eigenvalue weighted by Gasteiger charge is -2.08. The van der Waals surface area contributed by atoms with Crippen molar-refractivity contribution in [3.05, 3.63) is 96.1 Å². The zero-order chi connectivity index (χ0) is 24.6. The first-order chi connectivity index (χ1) is 17.1. The van der Waals surface area contributed by atoms with Crippen molar-refractivity contribution < 1.29 is 23.5 Å². The zero-order valence-corrected chi connectivity index (χ0v) is 19.0. The van der Waals surface area contributed by atoms with Gasteiger partial charge in [0.2, 0.25) is 5.88 Å². The molecule has 1 N–H and O–H groups in total. The maximum atomic E-state index is 12.5. The van der Waals surface area contributed by atoms with Crippen molar-refractivity contribution in [2.24, 2.45) is 0 Å². The van der Waals surface area contributed by atoms with E-state index in [1.54, 1.807) is 12.1 Å². The van der Waals surface area contributed by atoms with Gasteiger partial charge in [0.1, 0.15) is 23.1 Å². The first kappa shape index (κ1) is 23.3. The van der Waals surface area contributed by atoms with E-state index in [0.717, 1.165) is 16.7 Å². The number of nitrogens with zero attached hydrogens (tertiary/aromatic N) is 1. The number of carbonyl (C=O) groups excluding carboxylic acids is 2. The molecule has 0 unspecified atom stereocenters. The van der Waals surface area contributed by atoms with Gasteiger partial charge in [-0.1, -0.05) is 78.9 Å². The van der Waals surface area contributed by atoms with E-state index in [0.29, 0.717) is 17.1 Å². The molecule has 4 rings (SSSR count). The maximum absolute atomic E-state index is 12.5. The van der Waals surface area contributed by atoms with Crippen molar-refractivity contribution in [1.29, 1.82) is 5.26 Å². The van der Waals surface area contributed by atoms with Crippen LogP contribution in [0.4, 0.5) is 5.88 Å². The maximum Gasteiger partial charge on any atom is 0.344 e. The third-order valence-electron chi connectivity index (χ3n) is 5.17. The van der Waals surface area contributed by atoms with E-state index in [1.807, 2.05) is 79.7 Å². The predicted molar refractivity (Wildman–Crippen MR) is 131 cm³/mol. The van der Waals surface area contributed by atoms with Crippen molar-refractivity contribution in [3.63, 3.8) is 0 Å². The molecule has 0 fully saturated rings. The van der Waals surface area contributed by atoms with Crippen LogP contribution in [0, 0.1) is 18.3 Å². The van der Waals surface area contributed by atoms with Crippen LogP contribution < -0.4 is 10.1 Å².